The van der Waals surface area contributed by atoms with Crippen molar-refractivity contribution >= 4 is 23.2 Å². The lowest BCUT2D eigenvalue weighted by atomic mass is 9.97. The number of carbonyl (C=O) groups excluding carboxylic acids is 2. The number of carbonyl (C=O) groups is 2. The van der Waals surface area contributed by atoms with E-state index in [9.17, 15) is 9.59 Å². The molecule has 5 nitrogen and oxygen atoms in total. The Morgan fingerprint density at radius 2 is 1.76 bits per heavy atom. The number of nitrogens with one attached hydrogen (secondary N) is 2. The number of hydrogen-bond donors (Lipinski definition) is 3. The monoisotopic (exact) mass is 289 g/mol. The normalized spacial score (nSPS) is 16.5. The lowest BCUT2D eigenvalue weighted by Crippen LogP contribution is -2.48. The SMILES string of the molecule is CCC(=O)Nc1cccc(NC(=O)C2(N)CCCC2)c1C. The number of rotatable bonds is 4. The molecule has 0 atom stereocenters. The Bertz CT molecular complexity index is 548. The van der Waals surface area contributed by atoms with Gasteiger partial charge in [0, 0.05) is 17.8 Å². The molecule has 0 bridgehead atoms. The quantitative estimate of drug-likeness (QED) is 0.796. The fourth-order valence-corrected chi connectivity index (χ4v) is 2.62. The van der Waals surface area contributed by atoms with Gasteiger partial charge in [-0.1, -0.05) is 25.8 Å². The Kier molecular flexibility index (Phi) is 4.63. The maximum atomic E-state index is 12.4. The fourth-order valence-electron chi connectivity index (χ4n) is 2.62. The van der Waals surface area contributed by atoms with Crippen molar-refractivity contribution in [3.63, 3.8) is 0 Å². The zero-order chi connectivity index (χ0) is 15.5. The Morgan fingerprint density at radius 3 is 2.33 bits per heavy atom. The number of benzene rings is 1. The van der Waals surface area contributed by atoms with Crippen molar-refractivity contribution in [1.29, 1.82) is 0 Å². The molecule has 0 aliphatic heterocycles. The maximum Gasteiger partial charge on any atom is 0.244 e. The summed E-state index contributed by atoms with van der Waals surface area (Å²) in [6, 6.07) is 5.46. The van der Waals surface area contributed by atoms with Crippen molar-refractivity contribution in [3.8, 4) is 0 Å². The van der Waals surface area contributed by atoms with Crippen molar-refractivity contribution in [2.75, 3.05) is 10.6 Å². The van der Waals surface area contributed by atoms with Crippen LogP contribution in [0.15, 0.2) is 18.2 Å². The third-order valence-electron chi connectivity index (χ3n) is 4.13. The van der Waals surface area contributed by atoms with E-state index in [-0.39, 0.29) is 11.8 Å². The second-order valence-corrected chi connectivity index (χ2v) is 5.70. The highest BCUT2D eigenvalue weighted by Gasteiger charge is 2.37. The molecule has 4 N–H and O–H groups in total. The van der Waals surface area contributed by atoms with Gasteiger partial charge in [-0.2, -0.15) is 0 Å². The summed E-state index contributed by atoms with van der Waals surface area (Å²) in [5, 5.41) is 5.74. The Hall–Kier alpha value is -1.88. The molecule has 1 aliphatic carbocycles. The van der Waals surface area contributed by atoms with Gasteiger partial charge in [-0.3, -0.25) is 9.59 Å². The van der Waals surface area contributed by atoms with Gasteiger partial charge >= 0.3 is 0 Å². The molecule has 2 amide bonds. The van der Waals surface area contributed by atoms with Crippen LogP contribution < -0.4 is 16.4 Å². The van der Waals surface area contributed by atoms with Crippen molar-refractivity contribution in [2.45, 2.75) is 51.5 Å². The third-order valence-corrected chi connectivity index (χ3v) is 4.13. The van der Waals surface area contributed by atoms with Crippen LogP contribution in [0.4, 0.5) is 11.4 Å². The zero-order valence-corrected chi connectivity index (χ0v) is 12.7. The van der Waals surface area contributed by atoms with Gasteiger partial charge in [0.15, 0.2) is 0 Å². The minimum absolute atomic E-state index is 0.0485. The molecule has 1 aliphatic rings. The highest BCUT2D eigenvalue weighted by Crippen LogP contribution is 2.30. The van der Waals surface area contributed by atoms with Crippen LogP contribution in [0.1, 0.15) is 44.6 Å². The molecule has 2 rings (SSSR count). The average Bonchev–Trinajstić information content (AvgIpc) is 2.91. The molecule has 1 fully saturated rings. The van der Waals surface area contributed by atoms with Crippen LogP contribution in [-0.2, 0) is 9.59 Å². The smallest absolute Gasteiger partial charge is 0.244 e. The molecular formula is C16H23N3O2. The molecule has 0 unspecified atom stereocenters. The molecule has 21 heavy (non-hydrogen) atoms. The van der Waals surface area contributed by atoms with Gasteiger partial charge in [-0.25, -0.2) is 0 Å². The molecule has 0 radical (unpaired) electrons. The summed E-state index contributed by atoms with van der Waals surface area (Å²) in [4.78, 5) is 23.9. The summed E-state index contributed by atoms with van der Waals surface area (Å²) in [7, 11) is 0. The summed E-state index contributed by atoms with van der Waals surface area (Å²) in [6.45, 7) is 3.67. The van der Waals surface area contributed by atoms with Crippen molar-refractivity contribution in [3.05, 3.63) is 23.8 Å². The van der Waals surface area contributed by atoms with E-state index in [1.165, 1.54) is 0 Å². The van der Waals surface area contributed by atoms with E-state index in [1.54, 1.807) is 6.92 Å². The molecule has 0 heterocycles. The van der Waals surface area contributed by atoms with Crippen LogP contribution in [0.2, 0.25) is 0 Å². The van der Waals surface area contributed by atoms with E-state index in [4.69, 9.17) is 5.73 Å². The molecule has 0 saturated heterocycles. The summed E-state index contributed by atoms with van der Waals surface area (Å²) in [5.41, 5.74) is 7.67. The minimum atomic E-state index is -0.755. The topological polar surface area (TPSA) is 84.2 Å². The van der Waals surface area contributed by atoms with Crippen LogP contribution in [0.3, 0.4) is 0 Å². The van der Waals surface area contributed by atoms with Crippen LogP contribution in [-0.4, -0.2) is 17.4 Å². The van der Waals surface area contributed by atoms with Crippen LogP contribution in [0.5, 0.6) is 0 Å². The summed E-state index contributed by atoms with van der Waals surface area (Å²) < 4.78 is 0. The van der Waals surface area contributed by atoms with Crippen LogP contribution in [0, 0.1) is 6.92 Å². The van der Waals surface area contributed by atoms with E-state index in [0.29, 0.717) is 12.1 Å². The minimum Gasteiger partial charge on any atom is -0.326 e. The van der Waals surface area contributed by atoms with Gasteiger partial charge in [0.1, 0.15) is 0 Å². The molecule has 0 spiro atoms. The highest BCUT2D eigenvalue weighted by atomic mass is 16.2. The molecule has 1 saturated carbocycles. The number of amides is 2. The Balaban J connectivity index is 2.15. The van der Waals surface area contributed by atoms with Gasteiger partial charge < -0.3 is 16.4 Å². The molecular weight excluding hydrogens is 266 g/mol. The van der Waals surface area contributed by atoms with Gasteiger partial charge in [0.05, 0.1) is 5.54 Å². The molecule has 5 heteroatoms. The molecule has 0 aromatic heterocycles. The first-order valence-corrected chi connectivity index (χ1v) is 7.46. The second kappa shape index (κ2) is 6.26. The Labute approximate surface area is 125 Å². The first kappa shape index (κ1) is 15.5. The van der Waals surface area contributed by atoms with Crippen molar-refractivity contribution in [2.24, 2.45) is 5.73 Å². The largest absolute Gasteiger partial charge is 0.326 e. The predicted octanol–water partition coefficient (Wildman–Crippen LogP) is 2.55. The number of hydrogen-bond acceptors (Lipinski definition) is 3. The van der Waals surface area contributed by atoms with Crippen LogP contribution >= 0.6 is 0 Å². The molecule has 1 aromatic rings. The Morgan fingerprint density at radius 1 is 1.19 bits per heavy atom. The number of anilines is 2. The summed E-state index contributed by atoms with van der Waals surface area (Å²) in [6.07, 6.45) is 3.86. The second-order valence-electron chi connectivity index (χ2n) is 5.70. The van der Waals surface area contributed by atoms with Gasteiger partial charge in [0.2, 0.25) is 11.8 Å². The fraction of sp³-hybridized carbons (Fsp3) is 0.500. The van der Waals surface area contributed by atoms with Gasteiger partial charge in [0.25, 0.3) is 0 Å². The average molecular weight is 289 g/mol. The zero-order valence-electron chi connectivity index (χ0n) is 12.7. The van der Waals surface area contributed by atoms with E-state index in [1.807, 2.05) is 25.1 Å². The maximum absolute atomic E-state index is 12.4. The lowest BCUT2D eigenvalue weighted by Gasteiger charge is -2.23. The molecule has 1 aromatic carbocycles. The van der Waals surface area contributed by atoms with E-state index in [0.717, 1.165) is 36.9 Å². The first-order chi connectivity index (χ1) is 9.96. The summed E-state index contributed by atoms with van der Waals surface area (Å²) >= 11 is 0. The first-order valence-electron chi connectivity index (χ1n) is 7.46. The lowest BCUT2D eigenvalue weighted by molar-refractivity contribution is -0.121. The predicted molar refractivity (Wildman–Crippen MR) is 84.1 cm³/mol. The van der Waals surface area contributed by atoms with Gasteiger partial charge in [-0.15, -0.1) is 0 Å². The van der Waals surface area contributed by atoms with E-state index < -0.39 is 5.54 Å². The van der Waals surface area contributed by atoms with Crippen molar-refractivity contribution < 1.29 is 9.59 Å². The summed E-state index contributed by atoms with van der Waals surface area (Å²) in [5.74, 6) is -0.185. The standard InChI is InChI=1S/C16H23N3O2/c1-3-14(20)18-12-7-6-8-13(11(12)2)19-15(21)16(17)9-4-5-10-16/h6-8H,3-5,9-10,17H2,1-2H3,(H,18,20)(H,19,21). The van der Waals surface area contributed by atoms with Crippen LogP contribution in [0.25, 0.3) is 0 Å². The van der Waals surface area contributed by atoms with E-state index >= 15 is 0 Å². The van der Waals surface area contributed by atoms with Gasteiger partial charge in [-0.05, 0) is 37.5 Å². The van der Waals surface area contributed by atoms with E-state index in [2.05, 4.69) is 10.6 Å². The van der Waals surface area contributed by atoms with Crippen molar-refractivity contribution in [1.82, 2.24) is 0 Å². The highest BCUT2D eigenvalue weighted by molar-refractivity contribution is 6.00. The third kappa shape index (κ3) is 3.42. The number of nitrogens with two attached hydrogens (primary N) is 1. The molecule has 114 valence electrons.